The first kappa shape index (κ1) is 23.5. The van der Waals surface area contributed by atoms with Crippen LogP contribution in [-0.4, -0.2) is 24.1 Å². The predicted octanol–water partition coefficient (Wildman–Crippen LogP) is 11.1. The molecule has 0 N–H and O–H groups in total. The lowest BCUT2D eigenvalue weighted by atomic mass is 10.0. The van der Waals surface area contributed by atoms with Gasteiger partial charge in [0.1, 0.15) is 0 Å². The van der Waals surface area contributed by atoms with E-state index in [0.29, 0.717) is 28.7 Å². The summed E-state index contributed by atoms with van der Waals surface area (Å²) in [6.45, 7) is 0. The lowest BCUT2D eigenvalue weighted by Crippen LogP contribution is -2.06. The van der Waals surface area contributed by atoms with E-state index in [4.69, 9.17) is 21.8 Å². The van der Waals surface area contributed by atoms with Gasteiger partial charge in [0.05, 0.1) is 28.9 Å². The maximum absolute atomic E-state index is 8.48. The van der Waals surface area contributed by atoms with Gasteiger partial charge >= 0.3 is 0 Å². The fourth-order valence-electron chi connectivity index (χ4n) is 7.08. The van der Waals surface area contributed by atoms with Crippen LogP contribution in [0.5, 0.6) is 0 Å². The van der Waals surface area contributed by atoms with Gasteiger partial charge in [0.25, 0.3) is 0 Å². The normalized spacial score (nSPS) is 13.0. The zero-order valence-corrected chi connectivity index (χ0v) is 26.6. The van der Waals surface area contributed by atoms with Crippen molar-refractivity contribution in [1.82, 2.24) is 24.1 Å². The zero-order valence-electron chi connectivity index (χ0n) is 31.6. The molecule has 5 nitrogen and oxygen atoms in total. The lowest BCUT2D eigenvalue weighted by Gasteiger charge is -2.11. The van der Waals surface area contributed by atoms with Crippen LogP contribution >= 0.6 is 0 Å². The highest BCUT2D eigenvalue weighted by Gasteiger charge is 2.22. The summed E-state index contributed by atoms with van der Waals surface area (Å²) in [6, 6.07) is 46.9. The summed E-state index contributed by atoms with van der Waals surface area (Å²) in [5, 5.41) is 4.47. The first-order valence-corrected chi connectivity index (χ1v) is 16.4. The van der Waals surface area contributed by atoms with Crippen molar-refractivity contribution < 1.29 is 6.85 Å². The van der Waals surface area contributed by atoms with Crippen molar-refractivity contribution in [1.29, 1.82) is 0 Å². The summed E-state index contributed by atoms with van der Waals surface area (Å²) in [4.78, 5) is 15.2. The molecule has 0 saturated heterocycles. The molecule has 3 aromatic heterocycles. The van der Waals surface area contributed by atoms with Crippen LogP contribution < -0.4 is 0 Å². The van der Waals surface area contributed by atoms with Crippen LogP contribution in [0.3, 0.4) is 0 Å². The summed E-state index contributed by atoms with van der Waals surface area (Å²) in [7, 11) is 0. The molecule has 7 aromatic carbocycles. The third-order valence-electron chi connectivity index (χ3n) is 9.27. The Kier molecular flexibility index (Phi) is 5.35. The number of rotatable bonds is 5. The number of nitrogens with zero attached hydrogens (tertiary/aromatic N) is 5. The lowest BCUT2D eigenvalue weighted by molar-refractivity contribution is 0.953. The molecule has 0 aliphatic carbocycles. The summed E-state index contributed by atoms with van der Waals surface area (Å²) in [5.41, 5.74) is 7.37. The van der Waals surface area contributed by atoms with Crippen LogP contribution in [-0.2, 0) is 0 Å². The van der Waals surface area contributed by atoms with Crippen molar-refractivity contribution in [2.45, 2.75) is 0 Å². The maximum atomic E-state index is 8.48. The second kappa shape index (κ2) is 11.4. The summed E-state index contributed by atoms with van der Waals surface area (Å²) in [6.07, 6.45) is 0. The van der Waals surface area contributed by atoms with Crippen LogP contribution in [0.25, 0.3) is 89.2 Å². The molecule has 10 aromatic rings. The first-order valence-electron chi connectivity index (χ1n) is 18.9. The van der Waals surface area contributed by atoms with E-state index >= 15 is 0 Å². The standard InChI is InChI=1S/C45H29N5/c1-4-14-30(15-5-1)31-24-26-33(27-25-31)44-46-43(32-16-6-2-7-17-32)47-45(48-44)50-38-23-13-11-21-36(38)42-40(50)29-28-39-41(42)35-20-10-12-22-37(35)49(39)34-18-8-3-9-19-34/h1-29H/i1D,4D,5D,14D,15D. The van der Waals surface area contributed by atoms with Crippen molar-refractivity contribution in [2.24, 2.45) is 0 Å². The van der Waals surface area contributed by atoms with Gasteiger partial charge in [0.15, 0.2) is 11.6 Å². The molecular formula is C45H29N5. The molecule has 5 heteroatoms. The Morgan fingerprint density at radius 1 is 0.380 bits per heavy atom. The van der Waals surface area contributed by atoms with Gasteiger partial charge in [-0.2, -0.15) is 9.97 Å². The number of para-hydroxylation sites is 3. The molecule has 0 fully saturated rings. The average molecular weight is 645 g/mol. The highest BCUT2D eigenvalue weighted by Crippen LogP contribution is 2.42. The van der Waals surface area contributed by atoms with E-state index in [0.717, 1.165) is 54.9 Å². The van der Waals surface area contributed by atoms with E-state index in [1.165, 1.54) is 0 Å². The van der Waals surface area contributed by atoms with Crippen LogP contribution in [0, 0.1) is 0 Å². The Labute approximate surface area is 295 Å². The quantitative estimate of drug-likeness (QED) is 0.187. The minimum Gasteiger partial charge on any atom is -0.309 e. The Morgan fingerprint density at radius 2 is 0.880 bits per heavy atom. The Morgan fingerprint density at radius 3 is 1.52 bits per heavy atom. The van der Waals surface area contributed by atoms with Crippen LogP contribution in [0.2, 0.25) is 0 Å². The topological polar surface area (TPSA) is 48.5 Å². The summed E-state index contributed by atoms with van der Waals surface area (Å²) in [5.74, 6) is 1.39. The SMILES string of the molecule is [2H]c1c([2H])c([2H])c(-c2ccc(-c3nc(-c4ccccc4)nc(-n4c5ccccc5c5c6c7ccccc7n(-c7ccccc7)c6ccc54)n3)cc2)c([2H])c1[2H]. The molecule has 0 aliphatic heterocycles. The van der Waals surface area contributed by atoms with Gasteiger partial charge in [-0.1, -0.05) is 139 Å². The third-order valence-corrected chi connectivity index (χ3v) is 9.27. The first-order chi connectivity index (χ1) is 26.9. The fourth-order valence-corrected chi connectivity index (χ4v) is 7.08. The monoisotopic (exact) mass is 644 g/mol. The van der Waals surface area contributed by atoms with Gasteiger partial charge in [0, 0.05) is 38.4 Å². The Bertz CT molecular complexity index is 3110. The van der Waals surface area contributed by atoms with E-state index in [-0.39, 0.29) is 29.7 Å². The van der Waals surface area contributed by atoms with Crippen LogP contribution in [0.15, 0.2) is 176 Å². The van der Waals surface area contributed by atoms with Crippen molar-refractivity contribution in [3.63, 3.8) is 0 Å². The van der Waals surface area contributed by atoms with Gasteiger partial charge in [0.2, 0.25) is 5.95 Å². The van der Waals surface area contributed by atoms with Gasteiger partial charge in [-0.3, -0.25) is 4.57 Å². The average Bonchev–Trinajstić information content (AvgIpc) is 3.76. The second-order valence-corrected chi connectivity index (χ2v) is 12.1. The van der Waals surface area contributed by atoms with E-state index in [9.17, 15) is 0 Å². The number of benzene rings is 7. The van der Waals surface area contributed by atoms with Crippen molar-refractivity contribution in [2.75, 3.05) is 0 Å². The molecule has 0 spiro atoms. The fraction of sp³-hybridized carbons (Fsp3) is 0. The number of hydrogen-bond acceptors (Lipinski definition) is 3. The largest absolute Gasteiger partial charge is 0.309 e. The zero-order chi connectivity index (χ0) is 37.4. The molecule has 0 unspecified atom stereocenters. The maximum Gasteiger partial charge on any atom is 0.238 e. The molecule has 0 atom stereocenters. The second-order valence-electron chi connectivity index (χ2n) is 12.1. The number of aromatic nitrogens is 5. The number of fused-ring (bicyclic) bond motifs is 7. The van der Waals surface area contributed by atoms with E-state index in [2.05, 4.69) is 88.0 Å². The van der Waals surface area contributed by atoms with Crippen molar-refractivity contribution in [3.8, 4) is 45.5 Å². The van der Waals surface area contributed by atoms with E-state index in [1.807, 2.05) is 54.6 Å². The molecule has 0 saturated carbocycles. The Balaban J connectivity index is 1.22. The van der Waals surface area contributed by atoms with Crippen LogP contribution in [0.4, 0.5) is 0 Å². The molecule has 234 valence electrons. The van der Waals surface area contributed by atoms with Crippen LogP contribution in [0.1, 0.15) is 6.85 Å². The van der Waals surface area contributed by atoms with Crippen molar-refractivity contribution in [3.05, 3.63) is 176 Å². The van der Waals surface area contributed by atoms with Gasteiger partial charge in [-0.05, 0) is 47.5 Å². The molecule has 50 heavy (non-hydrogen) atoms. The summed E-state index contributed by atoms with van der Waals surface area (Å²) < 4.78 is 45.7. The molecule has 0 radical (unpaired) electrons. The summed E-state index contributed by atoms with van der Waals surface area (Å²) >= 11 is 0. The highest BCUT2D eigenvalue weighted by molar-refractivity contribution is 6.28. The highest BCUT2D eigenvalue weighted by atomic mass is 15.2. The van der Waals surface area contributed by atoms with Gasteiger partial charge in [-0.15, -0.1) is 0 Å². The van der Waals surface area contributed by atoms with Gasteiger partial charge in [-0.25, -0.2) is 4.98 Å². The van der Waals surface area contributed by atoms with Crippen molar-refractivity contribution >= 4 is 43.6 Å². The van der Waals surface area contributed by atoms with E-state index in [1.54, 1.807) is 12.1 Å². The third kappa shape index (κ3) is 4.45. The molecule has 0 amide bonds. The number of hydrogen-bond donors (Lipinski definition) is 0. The minimum atomic E-state index is -0.422. The molecule has 0 aliphatic rings. The smallest absolute Gasteiger partial charge is 0.238 e. The van der Waals surface area contributed by atoms with Gasteiger partial charge < -0.3 is 4.57 Å². The van der Waals surface area contributed by atoms with E-state index < -0.39 is 6.04 Å². The molecule has 0 bridgehead atoms. The Hall–Kier alpha value is -6.85. The molecule has 3 heterocycles. The molecular weight excluding hydrogens is 611 g/mol. The minimum absolute atomic E-state index is 0.143. The predicted molar refractivity (Wildman–Crippen MR) is 205 cm³/mol. The molecule has 10 rings (SSSR count).